The summed E-state index contributed by atoms with van der Waals surface area (Å²) in [5.74, 6) is -0.701. The molecule has 0 amide bonds. The summed E-state index contributed by atoms with van der Waals surface area (Å²) in [4.78, 5) is 11.5. The number of carboxylic acid groups (broad SMARTS) is 1. The van der Waals surface area contributed by atoms with Crippen molar-refractivity contribution in [2.75, 3.05) is 13.1 Å². The molecule has 2 aliphatic rings. The van der Waals surface area contributed by atoms with Crippen LogP contribution < -0.4 is 5.32 Å². The molecule has 104 valence electrons. The Balaban J connectivity index is 1.73. The van der Waals surface area contributed by atoms with Crippen LogP contribution in [0.5, 0.6) is 0 Å². The fourth-order valence-electron chi connectivity index (χ4n) is 3.34. The highest BCUT2D eigenvalue weighted by atomic mass is 16.4. The first-order valence-corrected chi connectivity index (χ1v) is 7.18. The summed E-state index contributed by atoms with van der Waals surface area (Å²) in [5.41, 5.74) is 0.257. The normalized spacial score (nSPS) is 28.0. The molecule has 1 aromatic heterocycles. The smallest absolute Gasteiger partial charge is 0.311 e. The molecular formula is C14H21N3O2. The number of rotatable bonds is 4. The van der Waals surface area contributed by atoms with Gasteiger partial charge in [-0.25, -0.2) is 0 Å². The van der Waals surface area contributed by atoms with Crippen LogP contribution in [0.15, 0.2) is 12.3 Å². The van der Waals surface area contributed by atoms with Gasteiger partial charge in [-0.15, -0.1) is 0 Å². The Hall–Kier alpha value is -1.36. The van der Waals surface area contributed by atoms with Crippen LogP contribution in [-0.4, -0.2) is 33.9 Å². The van der Waals surface area contributed by atoms with Crippen molar-refractivity contribution in [1.82, 2.24) is 15.1 Å². The number of hydrogen-bond donors (Lipinski definition) is 2. The van der Waals surface area contributed by atoms with Gasteiger partial charge in [0.1, 0.15) is 0 Å². The van der Waals surface area contributed by atoms with Crippen LogP contribution in [-0.2, 0) is 11.2 Å². The van der Waals surface area contributed by atoms with Gasteiger partial charge in [0.05, 0.1) is 17.2 Å². The molecule has 0 aromatic carbocycles. The van der Waals surface area contributed by atoms with Crippen LogP contribution in [0, 0.1) is 5.41 Å². The third-order valence-corrected chi connectivity index (χ3v) is 4.58. The highest BCUT2D eigenvalue weighted by Gasteiger charge is 2.42. The van der Waals surface area contributed by atoms with Gasteiger partial charge >= 0.3 is 5.97 Å². The van der Waals surface area contributed by atoms with Crippen molar-refractivity contribution < 1.29 is 9.90 Å². The number of hydrogen-bond acceptors (Lipinski definition) is 3. The van der Waals surface area contributed by atoms with Gasteiger partial charge in [0.25, 0.3) is 0 Å². The number of aliphatic carboxylic acids is 1. The second kappa shape index (κ2) is 4.96. The Morgan fingerprint density at radius 2 is 2.32 bits per heavy atom. The van der Waals surface area contributed by atoms with Gasteiger partial charge in [0.2, 0.25) is 0 Å². The van der Waals surface area contributed by atoms with Crippen LogP contribution >= 0.6 is 0 Å². The van der Waals surface area contributed by atoms with Crippen LogP contribution in [0.1, 0.15) is 43.8 Å². The van der Waals surface area contributed by atoms with E-state index in [1.165, 1.54) is 25.7 Å². The van der Waals surface area contributed by atoms with Crippen molar-refractivity contribution in [3.8, 4) is 0 Å². The van der Waals surface area contributed by atoms with Crippen molar-refractivity contribution in [2.45, 2.75) is 44.6 Å². The number of carboxylic acids is 1. The first-order chi connectivity index (χ1) is 9.20. The molecule has 1 aromatic rings. The standard InChI is InChI=1S/C14H21N3O2/c18-13(19)14(6-7-15-10-14)9-11-5-8-17(16-11)12-3-1-2-4-12/h5,8,12,15H,1-4,6-7,9-10H2,(H,18,19). The molecule has 1 aliphatic carbocycles. The van der Waals surface area contributed by atoms with Gasteiger partial charge < -0.3 is 10.4 Å². The highest BCUT2D eigenvalue weighted by molar-refractivity contribution is 5.75. The molecule has 1 unspecified atom stereocenters. The maximum Gasteiger partial charge on any atom is 0.311 e. The summed E-state index contributed by atoms with van der Waals surface area (Å²) >= 11 is 0. The van der Waals surface area contributed by atoms with E-state index in [9.17, 15) is 9.90 Å². The van der Waals surface area contributed by atoms with Gasteiger partial charge in [-0.05, 0) is 31.9 Å². The summed E-state index contributed by atoms with van der Waals surface area (Å²) in [5, 5.41) is 17.2. The monoisotopic (exact) mass is 263 g/mol. The Morgan fingerprint density at radius 1 is 1.53 bits per heavy atom. The predicted molar refractivity (Wildman–Crippen MR) is 71.0 cm³/mol. The zero-order valence-corrected chi connectivity index (χ0v) is 11.1. The lowest BCUT2D eigenvalue weighted by Crippen LogP contribution is -2.35. The highest BCUT2D eigenvalue weighted by Crippen LogP contribution is 2.32. The lowest BCUT2D eigenvalue weighted by Gasteiger charge is -2.21. The predicted octanol–water partition coefficient (Wildman–Crippen LogP) is 1.60. The zero-order valence-electron chi connectivity index (χ0n) is 11.1. The lowest BCUT2D eigenvalue weighted by atomic mass is 9.82. The van der Waals surface area contributed by atoms with E-state index in [4.69, 9.17) is 0 Å². The Kier molecular flexibility index (Phi) is 3.31. The number of nitrogens with zero attached hydrogens (tertiary/aromatic N) is 2. The third kappa shape index (κ3) is 2.39. The molecule has 2 N–H and O–H groups in total. The molecule has 0 bridgehead atoms. The summed E-state index contributed by atoms with van der Waals surface area (Å²) < 4.78 is 2.04. The number of nitrogens with one attached hydrogen (secondary N) is 1. The average Bonchev–Trinajstić information content (AvgIpc) is 3.10. The molecule has 1 saturated heterocycles. The lowest BCUT2D eigenvalue weighted by molar-refractivity contribution is -0.147. The van der Waals surface area contributed by atoms with E-state index >= 15 is 0 Å². The summed E-state index contributed by atoms with van der Waals surface area (Å²) in [6.45, 7) is 1.34. The molecule has 0 spiro atoms. The van der Waals surface area contributed by atoms with Crippen LogP contribution in [0.4, 0.5) is 0 Å². The zero-order chi connectivity index (χ0) is 13.3. The van der Waals surface area contributed by atoms with Crippen molar-refractivity contribution >= 4 is 5.97 Å². The Morgan fingerprint density at radius 3 is 2.95 bits per heavy atom. The van der Waals surface area contributed by atoms with Crippen molar-refractivity contribution in [1.29, 1.82) is 0 Å². The van der Waals surface area contributed by atoms with Crippen LogP contribution in [0.2, 0.25) is 0 Å². The average molecular weight is 263 g/mol. The molecular weight excluding hydrogens is 242 g/mol. The second-order valence-corrected chi connectivity index (χ2v) is 5.91. The maximum atomic E-state index is 11.5. The Bertz CT molecular complexity index is 457. The fraction of sp³-hybridized carbons (Fsp3) is 0.714. The van der Waals surface area contributed by atoms with Crippen LogP contribution in [0.3, 0.4) is 0 Å². The van der Waals surface area contributed by atoms with E-state index in [2.05, 4.69) is 10.4 Å². The van der Waals surface area contributed by atoms with Crippen molar-refractivity contribution in [2.24, 2.45) is 5.41 Å². The molecule has 1 atom stereocenters. The maximum absolute atomic E-state index is 11.5. The number of aromatic nitrogens is 2. The number of carbonyl (C=O) groups is 1. The minimum atomic E-state index is -0.701. The van der Waals surface area contributed by atoms with E-state index in [0.29, 0.717) is 25.4 Å². The minimum absolute atomic E-state index is 0.524. The van der Waals surface area contributed by atoms with E-state index < -0.39 is 11.4 Å². The summed E-state index contributed by atoms with van der Waals surface area (Å²) in [6, 6.07) is 2.51. The molecule has 2 heterocycles. The molecule has 1 saturated carbocycles. The van der Waals surface area contributed by atoms with Gasteiger partial charge in [0.15, 0.2) is 0 Å². The van der Waals surface area contributed by atoms with Gasteiger partial charge in [-0.1, -0.05) is 12.8 Å². The summed E-state index contributed by atoms with van der Waals surface area (Å²) in [7, 11) is 0. The van der Waals surface area contributed by atoms with E-state index in [1.54, 1.807) is 0 Å². The van der Waals surface area contributed by atoms with Crippen LogP contribution in [0.25, 0.3) is 0 Å². The SMILES string of the molecule is O=C(O)C1(Cc2ccn(C3CCCC3)n2)CCNC1. The van der Waals surface area contributed by atoms with Crippen molar-refractivity contribution in [3.05, 3.63) is 18.0 Å². The first kappa shape index (κ1) is 12.7. The molecule has 0 radical (unpaired) electrons. The fourth-order valence-corrected chi connectivity index (χ4v) is 3.34. The summed E-state index contributed by atoms with van der Waals surface area (Å²) in [6.07, 6.45) is 8.21. The molecule has 3 rings (SSSR count). The molecule has 19 heavy (non-hydrogen) atoms. The molecule has 2 fully saturated rings. The van der Waals surface area contributed by atoms with E-state index in [0.717, 1.165) is 12.2 Å². The Labute approximate surface area is 113 Å². The largest absolute Gasteiger partial charge is 0.481 e. The quantitative estimate of drug-likeness (QED) is 0.866. The van der Waals surface area contributed by atoms with Crippen molar-refractivity contribution in [3.63, 3.8) is 0 Å². The van der Waals surface area contributed by atoms with E-state index in [1.807, 2.05) is 16.9 Å². The van der Waals surface area contributed by atoms with Gasteiger partial charge in [-0.2, -0.15) is 5.10 Å². The molecule has 5 heteroatoms. The third-order valence-electron chi connectivity index (χ3n) is 4.58. The minimum Gasteiger partial charge on any atom is -0.481 e. The van der Waals surface area contributed by atoms with E-state index in [-0.39, 0.29) is 0 Å². The molecule has 1 aliphatic heterocycles. The second-order valence-electron chi connectivity index (χ2n) is 5.91. The first-order valence-electron chi connectivity index (χ1n) is 7.18. The topological polar surface area (TPSA) is 67.1 Å². The van der Waals surface area contributed by atoms with Gasteiger partial charge in [0, 0.05) is 19.2 Å². The van der Waals surface area contributed by atoms with Gasteiger partial charge in [-0.3, -0.25) is 9.48 Å². The molecule has 5 nitrogen and oxygen atoms in total.